The van der Waals surface area contributed by atoms with E-state index in [0.29, 0.717) is 11.4 Å². The zero-order chi connectivity index (χ0) is 15.4. The Balaban J connectivity index is 2.15. The number of anilines is 1. The maximum Gasteiger partial charge on any atom is 0.258 e. The van der Waals surface area contributed by atoms with E-state index in [2.05, 4.69) is 5.32 Å². The van der Waals surface area contributed by atoms with Gasteiger partial charge in [0, 0.05) is 16.8 Å². The lowest BCUT2D eigenvalue weighted by Crippen LogP contribution is -2.14. The van der Waals surface area contributed by atoms with Gasteiger partial charge in [0.1, 0.15) is 11.6 Å². The van der Waals surface area contributed by atoms with Crippen LogP contribution in [0.4, 0.5) is 10.1 Å². The molecule has 0 saturated heterocycles. The summed E-state index contributed by atoms with van der Waals surface area (Å²) in [5, 5.41) is 2.88. The van der Waals surface area contributed by atoms with E-state index in [9.17, 15) is 9.18 Å². The standard InChI is InChI=1S/C16H15ClFNO2/c1-10(2)21-13-5-3-4-12(9-13)19-16(20)14-7-6-11(17)8-15(14)18/h3-10H,1-2H3,(H,19,20). The fraction of sp³-hybridized carbons (Fsp3) is 0.188. The minimum Gasteiger partial charge on any atom is -0.491 e. The molecular formula is C16H15ClFNO2. The summed E-state index contributed by atoms with van der Waals surface area (Å²) in [6.07, 6.45) is 0.0321. The van der Waals surface area contributed by atoms with E-state index in [-0.39, 0.29) is 16.7 Å². The Bertz CT molecular complexity index is 658. The molecule has 0 heterocycles. The van der Waals surface area contributed by atoms with Crippen LogP contribution in [0.3, 0.4) is 0 Å². The minimum atomic E-state index is -0.658. The van der Waals surface area contributed by atoms with Crippen LogP contribution in [0.1, 0.15) is 24.2 Å². The number of amides is 1. The fourth-order valence-electron chi connectivity index (χ4n) is 1.79. The Morgan fingerprint density at radius 1 is 1.24 bits per heavy atom. The second kappa shape index (κ2) is 6.59. The Kier molecular flexibility index (Phi) is 4.81. The van der Waals surface area contributed by atoms with Crippen LogP contribution >= 0.6 is 11.6 Å². The van der Waals surface area contributed by atoms with Crippen molar-refractivity contribution in [1.82, 2.24) is 0 Å². The van der Waals surface area contributed by atoms with Gasteiger partial charge in [0.15, 0.2) is 0 Å². The van der Waals surface area contributed by atoms with Crippen LogP contribution in [0.5, 0.6) is 5.75 Å². The third-order valence-corrected chi connectivity index (χ3v) is 2.87. The van der Waals surface area contributed by atoms with E-state index >= 15 is 0 Å². The van der Waals surface area contributed by atoms with Gasteiger partial charge in [-0.1, -0.05) is 17.7 Å². The molecule has 2 rings (SSSR count). The molecule has 0 unspecified atom stereocenters. The highest BCUT2D eigenvalue weighted by molar-refractivity contribution is 6.30. The number of benzene rings is 2. The number of rotatable bonds is 4. The van der Waals surface area contributed by atoms with Crippen LogP contribution in [-0.2, 0) is 0 Å². The molecule has 2 aromatic carbocycles. The van der Waals surface area contributed by atoms with Crippen molar-refractivity contribution >= 4 is 23.2 Å². The molecule has 0 spiro atoms. The SMILES string of the molecule is CC(C)Oc1cccc(NC(=O)c2ccc(Cl)cc2F)c1. The predicted molar refractivity (Wildman–Crippen MR) is 81.6 cm³/mol. The monoisotopic (exact) mass is 307 g/mol. The molecule has 1 N–H and O–H groups in total. The first-order chi connectivity index (χ1) is 9.95. The van der Waals surface area contributed by atoms with Crippen LogP contribution in [0.15, 0.2) is 42.5 Å². The maximum atomic E-state index is 13.7. The topological polar surface area (TPSA) is 38.3 Å². The average Bonchev–Trinajstić information content (AvgIpc) is 2.37. The van der Waals surface area contributed by atoms with Crippen molar-refractivity contribution in [2.24, 2.45) is 0 Å². The molecule has 0 aliphatic heterocycles. The molecule has 0 radical (unpaired) electrons. The summed E-state index contributed by atoms with van der Waals surface area (Å²) >= 11 is 5.66. The van der Waals surface area contributed by atoms with Gasteiger partial charge >= 0.3 is 0 Å². The van der Waals surface area contributed by atoms with E-state index in [1.165, 1.54) is 12.1 Å². The summed E-state index contributed by atoms with van der Waals surface area (Å²) in [7, 11) is 0. The normalized spacial score (nSPS) is 10.5. The summed E-state index contributed by atoms with van der Waals surface area (Å²) in [4.78, 5) is 12.0. The highest BCUT2D eigenvalue weighted by Gasteiger charge is 2.12. The number of hydrogen-bond acceptors (Lipinski definition) is 2. The van der Waals surface area contributed by atoms with Gasteiger partial charge in [-0.05, 0) is 44.2 Å². The van der Waals surface area contributed by atoms with Crippen LogP contribution in [0.25, 0.3) is 0 Å². The molecule has 0 atom stereocenters. The molecule has 0 aliphatic rings. The van der Waals surface area contributed by atoms with Gasteiger partial charge in [-0.2, -0.15) is 0 Å². The summed E-state index contributed by atoms with van der Waals surface area (Å²) in [5.74, 6) is -0.556. The first-order valence-corrected chi connectivity index (χ1v) is 6.86. The maximum absolute atomic E-state index is 13.7. The quantitative estimate of drug-likeness (QED) is 0.902. The molecule has 110 valence electrons. The number of hydrogen-bond donors (Lipinski definition) is 1. The first kappa shape index (κ1) is 15.3. The Labute approximate surface area is 127 Å². The second-order valence-corrected chi connectivity index (χ2v) is 5.21. The number of nitrogens with one attached hydrogen (secondary N) is 1. The van der Waals surface area contributed by atoms with E-state index in [1.54, 1.807) is 24.3 Å². The molecule has 0 bridgehead atoms. The average molecular weight is 308 g/mol. The summed E-state index contributed by atoms with van der Waals surface area (Å²) in [6, 6.07) is 10.9. The molecule has 21 heavy (non-hydrogen) atoms. The fourth-order valence-corrected chi connectivity index (χ4v) is 1.95. The van der Waals surface area contributed by atoms with Crippen LogP contribution in [0, 0.1) is 5.82 Å². The Hall–Kier alpha value is -2.07. The van der Waals surface area contributed by atoms with Crippen molar-refractivity contribution in [3.63, 3.8) is 0 Å². The Morgan fingerprint density at radius 3 is 2.67 bits per heavy atom. The third-order valence-electron chi connectivity index (χ3n) is 2.64. The van der Waals surface area contributed by atoms with E-state index in [0.717, 1.165) is 6.07 Å². The number of ether oxygens (including phenoxy) is 1. The van der Waals surface area contributed by atoms with Crippen molar-refractivity contribution in [2.75, 3.05) is 5.32 Å². The Morgan fingerprint density at radius 2 is 2.00 bits per heavy atom. The van der Waals surface area contributed by atoms with E-state index < -0.39 is 11.7 Å². The molecule has 0 fully saturated rings. The highest BCUT2D eigenvalue weighted by atomic mass is 35.5. The van der Waals surface area contributed by atoms with Crippen molar-refractivity contribution in [2.45, 2.75) is 20.0 Å². The van der Waals surface area contributed by atoms with E-state index in [1.807, 2.05) is 13.8 Å². The molecule has 0 aliphatic carbocycles. The lowest BCUT2D eigenvalue weighted by Gasteiger charge is -2.11. The van der Waals surface area contributed by atoms with Crippen molar-refractivity contribution in [3.8, 4) is 5.75 Å². The van der Waals surface area contributed by atoms with Gasteiger partial charge in [-0.3, -0.25) is 4.79 Å². The third kappa shape index (κ3) is 4.20. The molecule has 0 aromatic heterocycles. The van der Waals surface area contributed by atoms with Gasteiger partial charge in [0.25, 0.3) is 5.91 Å². The largest absolute Gasteiger partial charge is 0.491 e. The van der Waals surface area contributed by atoms with Gasteiger partial charge in [-0.15, -0.1) is 0 Å². The number of halogens is 2. The lowest BCUT2D eigenvalue weighted by atomic mass is 10.2. The van der Waals surface area contributed by atoms with Crippen molar-refractivity contribution in [1.29, 1.82) is 0 Å². The predicted octanol–water partition coefficient (Wildman–Crippen LogP) is 4.52. The molecule has 3 nitrogen and oxygen atoms in total. The van der Waals surface area contributed by atoms with Gasteiger partial charge < -0.3 is 10.1 Å². The second-order valence-electron chi connectivity index (χ2n) is 4.77. The van der Waals surface area contributed by atoms with Gasteiger partial charge in [-0.25, -0.2) is 4.39 Å². The van der Waals surface area contributed by atoms with Gasteiger partial charge in [0.05, 0.1) is 11.7 Å². The van der Waals surface area contributed by atoms with E-state index in [4.69, 9.17) is 16.3 Å². The molecule has 2 aromatic rings. The summed E-state index contributed by atoms with van der Waals surface area (Å²) < 4.78 is 19.2. The summed E-state index contributed by atoms with van der Waals surface area (Å²) in [5.41, 5.74) is 0.474. The number of carbonyl (C=O) groups is 1. The molecule has 0 saturated carbocycles. The zero-order valence-corrected chi connectivity index (χ0v) is 12.4. The number of carbonyl (C=O) groups excluding carboxylic acids is 1. The van der Waals surface area contributed by atoms with Crippen LogP contribution in [0.2, 0.25) is 5.02 Å². The van der Waals surface area contributed by atoms with Crippen LogP contribution < -0.4 is 10.1 Å². The first-order valence-electron chi connectivity index (χ1n) is 6.49. The lowest BCUT2D eigenvalue weighted by molar-refractivity contribution is 0.102. The van der Waals surface area contributed by atoms with Gasteiger partial charge in [0.2, 0.25) is 0 Å². The minimum absolute atomic E-state index is 0.0321. The van der Waals surface area contributed by atoms with Crippen molar-refractivity contribution in [3.05, 3.63) is 58.9 Å². The van der Waals surface area contributed by atoms with Crippen molar-refractivity contribution < 1.29 is 13.9 Å². The summed E-state index contributed by atoms with van der Waals surface area (Å²) in [6.45, 7) is 3.82. The smallest absolute Gasteiger partial charge is 0.258 e. The zero-order valence-electron chi connectivity index (χ0n) is 11.7. The van der Waals surface area contributed by atoms with Crippen LogP contribution in [-0.4, -0.2) is 12.0 Å². The molecule has 5 heteroatoms. The molecular weight excluding hydrogens is 293 g/mol. The highest BCUT2D eigenvalue weighted by Crippen LogP contribution is 2.20. The molecule has 1 amide bonds.